The van der Waals surface area contributed by atoms with E-state index in [4.69, 9.17) is 16.0 Å². The first kappa shape index (κ1) is 12.8. The van der Waals surface area contributed by atoms with Crippen molar-refractivity contribution in [2.24, 2.45) is 0 Å². The van der Waals surface area contributed by atoms with Crippen LogP contribution in [-0.4, -0.2) is 6.04 Å². The summed E-state index contributed by atoms with van der Waals surface area (Å²) in [6.07, 6.45) is 2.31. The maximum absolute atomic E-state index is 6.22. The van der Waals surface area contributed by atoms with Crippen LogP contribution in [-0.2, 0) is 6.54 Å². The lowest BCUT2D eigenvalue weighted by Gasteiger charge is -2.36. The van der Waals surface area contributed by atoms with Crippen LogP contribution in [0.5, 0.6) is 0 Å². The molecule has 0 bridgehead atoms. The first-order chi connectivity index (χ1) is 9.22. The molecule has 2 aromatic rings. The van der Waals surface area contributed by atoms with Gasteiger partial charge in [0.1, 0.15) is 11.5 Å². The summed E-state index contributed by atoms with van der Waals surface area (Å²) in [7, 11) is 0. The number of furan rings is 1. The molecule has 0 radical (unpaired) electrons. The van der Waals surface area contributed by atoms with Crippen molar-refractivity contribution in [1.29, 1.82) is 0 Å². The molecule has 19 heavy (non-hydrogen) atoms. The van der Waals surface area contributed by atoms with Gasteiger partial charge < -0.3 is 9.73 Å². The molecule has 3 rings (SSSR count). The Balaban J connectivity index is 1.49. The molecule has 0 unspecified atom stereocenters. The Morgan fingerprint density at radius 1 is 1.21 bits per heavy atom. The summed E-state index contributed by atoms with van der Waals surface area (Å²) >= 11 is 6.22. The van der Waals surface area contributed by atoms with Gasteiger partial charge in [-0.3, -0.25) is 0 Å². The predicted octanol–water partition coefficient (Wildman–Crippen LogP) is 4.28. The molecular weight excluding hydrogens is 258 g/mol. The molecule has 100 valence electrons. The summed E-state index contributed by atoms with van der Waals surface area (Å²) in [6.45, 7) is 2.79. The van der Waals surface area contributed by atoms with Crippen LogP contribution in [0.15, 0.2) is 40.8 Å². The Labute approximate surface area is 118 Å². The normalized spacial score (nSPS) is 22.2. The third kappa shape index (κ3) is 2.85. The zero-order chi connectivity index (χ0) is 13.2. The van der Waals surface area contributed by atoms with E-state index < -0.39 is 0 Å². The van der Waals surface area contributed by atoms with Crippen molar-refractivity contribution in [3.8, 4) is 0 Å². The average Bonchev–Trinajstić information content (AvgIpc) is 2.75. The van der Waals surface area contributed by atoms with Crippen molar-refractivity contribution in [3.05, 3.63) is 58.5 Å². The van der Waals surface area contributed by atoms with Crippen LogP contribution < -0.4 is 5.32 Å². The second-order valence-electron chi connectivity index (χ2n) is 5.28. The minimum atomic E-state index is 0.576. The van der Waals surface area contributed by atoms with Crippen molar-refractivity contribution in [2.45, 2.75) is 38.3 Å². The van der Waals surface area contributed by atoms with Crippen molar-refractivity contribution in [1.82, 2.24) is 5.32 Å². The van der Waals surface area contributed by atoms with E-state index in [2.05, 4.69) is 17.4 Å². The van der Waals surface area contributed by atoms with E-state index in [1.165, 1.54) is 5.56 Å². The fourth-order valence-corrected chi connectivity index (χ4v) is 2.96. The van der Waals surface area contributed by atoms with Gasteiger partial charge in [-0.05, 0) is 49.4 Å². The monoisotopic (exact) mass is 275 g/mol. The topological polar surface area (TPSA) is 25.2 Å². The van der Waals surface area contributed by atoms with Gasteiger partial charge in [-0.15, -0.1) is 0 Å². The fraction of sp³-hybridized carbons (Fsp3) is 0.375. The molecule has 1 aromatic carbocycles. The number of rotatable bonds is 4. The third-order valence-corrected chi connectivity index (χ3v) is 4.19. The number of benzene rings is 1. The average molecular weight is 276 g/mol. The summed E-state index contributed by atoms with van der Waals surface area (Å²) in [4.78, 5) is 0. The smallest absolute Gasteiger partial charge is 0.117 e. The van der Waals surface area contributed by atoms with Crippen molar-refractivity contribution < 1.29 is 4.42 Å². The van der Waals surface area contributed by atoms with E-state index in [-0.39, 0.29) is 0 Å². The maximum Gasteiger partial charge on any atom is 0.117 e. The SMILES string of the molecule is Cc1ccc(CNC2CC(c3ccccc3Cl)C2)o1. The highest BCUT2D eigenvalue weighted by atomic mass is 35.5. The molecule has 1 aliphatic carbocycles. The molecule has 0 aliphatic heterocycles. The van der Waals surface area contributed by atoms with E-state index >= 15 is 0 Å². The Kier molecular flexibility index (Phi) is 3.63. The van der Waals surface area contributed by atoms with Crippen LogP contribution >= 0.6 is 11.6 Å². The van der Waals surface area contributed by atoms with Gasteiger partial charge in [0.2, 0.25) is 0 Å². The van der Waals surface area contributed by atoms with Crippen LogP contribution in [0, 0.1) is 6.92 Å². The molecule has 0 spiro atoms. The molecule has 0 atom stereocenters. The van der Waals surface area contributed by atoms with Crippen LogP contribution in [0.2, 0.25) is 5.02 Å². The first-order valence-electron chi connectivity index (χ1n) is 6.75. The Bertz CT molecular complexity index is 557. The Morgan fingerprint density at radius 2 is 2.00 bits per heavy atom. The molecule has 0 saturated heterocycles. The van der Waals surface area contributed by atoms with Gasteiger partial charge in [0, 0.05) is 11.1 Å². The second kappa shape index (κ2) is 5.40. The number of hydrogen-bond acceptors (Lipinski definition) is 2. The van der Waals surface area contributed by atoms with Gasteiger partial charge in [0.25, 0.3) is 0 Å². The molecule has 1 aromatic heterocycles. The summed E-state index contributed by atoms with van der Waals surface area (Å²) < 4.78 is 5.55. The van der Waals surface area contributed by atoms with Gasteiger partial charge >= 0.3 is 0 Å². The maximum atomic E-state index is 6.22. The van der Waals surface area contributed by atoms with E-state index in [0.29, 0.717) is 12.0 Å². The van der Waals surface area contributed by atoms with Gasteiger partial charge in [0.15, 0.2) is 0 Å². The highest BCUT2D eigenvalue weighted by molar-refractivity contribution is 6.31. The summed E-state index contributed by atoms with van der Waals surface area (Å²) in [6, 6.07) is 12.8. The van der Waals surface area contributed by atoms with Gasteiger partial charge in [-0.1, -0.05) is 29.8 Å². The van der Waals surface area contributed by atoms with Crippen LogP contribution in [0.4, 0.5) is 0 Å². The predicted molar refractivity (Wildman–Crippen MR) is 77.5 cm³/mol. The van der Waals surface area contributed by atoms with Crippen LogP contribution in [0.1, 0.15) is 35.8 Å². The lowest BCUT2D eigenvalue weighted by atomic mass is 9.76. The van der Waals surface area contributed by atoms with Crippen molar-refractivity contribution >= 4 is 11.6 Å². The molecule has 1 aliphatic rings. The zero-order valence-corrected chi connectivity index (χ0v) is 11.8. The molecule has 1 saturated carbocycles. The number of aryl methyl sites for hydroxylation is 1. The van der Waals surface area contributed by atoms with Crippen molar-refractivity contribution in [2.75, 3.05) is 0 Å². The van der Waals surface area contributed by atoms with Gasteiger partial charge in [-0.2, -0.15) is 0 Å². The number of nitrogens with one attached hydrogen (secondary N) is 1. The molecule has 3 heteroatoms. The highest BCUT2D eigenvalue weighted by Crippen LogP contribution is 2.39. The first-order valence-corrected chi connectivity index (χ1v) is 7.13. The molecule has 0 amide bonds. The molecule has 2 nitrogen and oxygen atoms in total. The van der Waals surface area contributed by atoms with Gasteiger partial charge in [-0.25, -0.2) is 0 Å². The molecule has 1 fully saturated rings. The molecule has 1 heterocycles. The summed E-state index contributed by atoms with van der Waals surface area (Å²) in [5, 5.41) is 4.43. The lowest BCUT2D eigenvalue weighted by molar-refractivity contribution is 0.281. The third-order valence-electron chi connectivity index (χ3n) is 3.84. The highest BCUT2D eigenvalue weighted by Gasteiger charge is 2.31. The van der Waals surface area contributed by atoms with Crippen molar-refractivity contribution in [3.63, 3.8) is 0 Å². The number of halogens is 1. The molecular formula is C16H18ClNO. The minimum Gasteiger partial charge on any atom is -0.465 e. The Hall–Kier alpha value is -1.25. The Morgan fingerprint density at radius 3 is 2.68 bits per heavy atom. The fourth-order valence-electron chi connectivity index (χ4n) is 2.67. The second-order valence-corrected chi connectivity index (χ2v) is 5.69. The van der Waals surface area contributed by atoms with Gasteiger partial charge in [0.05, 0.1) is 6.54 Å². The summed E-state index contributed by atoms with van der Waals surface area (Å²) in [5.74, 6) is 2.59. The standard InChI is InChI=1S/C16H18ClNO/c1-11-6-7-14(19-11)10-18-13-8-12(9-13)15-4-2-3-5-16(15)17/h2-7,12-13,18H,8-10H2,1H3. The van der Waals surface area contributed by atoms with E-state index in [1.54, 1.807) is 0 Å². The zero-order valence-electron chi connectivity index (χ0n) is 11.0. The van der Waals surface area contributed by atoms with E-state index in [1.807, 2.05) is 31.2 Å². The molecule has 1 N–H and O–H groups in total. The van der Waals surface area contributed by atoms with Crippen LogP contribution in [0.25, 0.3) is 0 Å². The lowest BCUT2D eigenvalue weighted by Crippen LogP contribution is -2.39. The van der Waals surface area contributed by atoms with E-state index in [9.17, 15) is 0 Å². The minimum absolute atomic E-state index is 0.576. The van der Waals surface area contributed by atoms with Crippen LogP contribution in [0.3, 0.4) is 0 Å². The summed E-state index contributed by atoms with van der Waals surface area (Å²) in [5.41, 5.74) is 1.29. The van der Waals surface area contributed by atoms with E-state index in [0.717, 1.165) is 35.9 Å². The largest absolute Gasteiger partial charge is 0.465 e. The number of hydrogen-bond donors (Lipinski definition) is 1. The quantitative estimate of drug-likeness (QED) is 0.901.